The van der Waals surface area contributed by atoms with E-state index in [1.54, 1.807) is 0 Å². The molecule has 0 aliphatic rings. The molecule has 31 heavy (non-hydrogen) atoms. The van der Waals surface area contributed by atoms with Gasteiger partial charge < -0.3 is 21.6 Å². The van der Waals surface area contributed by atoms with E-state index < -0.39 is 0 Å². The average Bonchev–Trinajstić information content (AvgIpc) is 2.68. The van der Waals surface area contributed by atoms with Crippen LogP contribution >= 0.6 is 0 Å². The van der Waals surface area contributed by atoms with Crippen LogP contribution in [0.15, 0.2) is 0 Å². The van der Waals surface area contributed by atoms with E-state index in [1.807, 2.05) is 0 Å². The maximum absolute atomic E-state index is 11.7. The number of hydrogen-bond donors (Lipinski definition) is 0. The monoisotopic (exact) mass is 461 g/mol. The van der Waals surface area contributed by atoms with Gasteiger partial charge in [0.25, 0.3) is 0 Å². The number of nitrogens with zero attached hydrogens (tertiary/aromatic N) is 1. The molecule has 0 rings (SSSR count). The standard InChI is InChI=1S/C27H56NO2.ClH/c1-5-6-7-8-9-10-11-12-13-14-15-16-17-18-19-20-21-22-23-24-27(29)30-26-25-28(2,3)4;/h5-26H2,1-4H3;1H/q+1;/p-1. The lowest BCUT2D eigenvalue weighted by molar-refractivity contribution is -0.870. The summed E-state index contributed by atoms with van der Waals surface area (Å²) >= 11 is 0. The Kier molecular flexibility index (Phi) is 25.9. The molecule has 0 saturated heterocycles. The number of ether oxygens (including phenoxy) is 1. The Morgan fingerprint density at radius 3 is 1.23 bits per heavy atom. The van der Waals surface area contributed by atoms with Crippen LogP contribution in [0.25, 0.3) is 0 Å². The fraction of sp³-hybridized carbons (Fsp3) is 0.963. The molecule has 0 radical (unpaired) electrons. The number of carbonyl (C=O) groups excluding carboxylic acids is 1. The minimum Gasteiger partial charge on any atom is -1.00 e. The summed E-state index contributed by atoms with van der Waals surface area (Å²) in [7, 11) is 6.35. The summed E-state index contributed by atoms with van der Waals surface area (Å²) < 4.78 is 6.14. The van der Waals surface area contributed by atoms with Gasteiger partial charge in [0.15, 0.2) is 0 Å². The SMILES string of the molecule is CCCCCCCCCCCCCCCCCCCCCC(=O)OCC[N+](C)(C)C.[Cl-]. The van der Waals surface area contributed by atoms with Crippen molar-refractivity contribution < 1.29 is 26.4 Å². The smallest absolute Gasteiger partial charge is 0.305 e. The van der Waals surface area contributed by atoms with Crippen LogP contribution in [0.1, 0.15) is 135 Å². The van der Waals surface area contributed by atoms with E-state index in [1.165, 1.54) is 116 Å². The van der Waals surface area contributed by atoms with Crippen LogP contribution in [0.5, 0.6) is 0 Å². The number of unbranched alkanes of at least 4 members (excludes halogenated alkanes) is 18. The van der Waals surface area contributed by atoms with Crippen LogP contribution in [0.2, 0.25) is 0 Å². The first-order chi connectivity index (χ1) is 14.5. The van der Waals surface area contributed by atoms with Crippen LogP contribution in [-0.2, 0) is 9.53 Å². The molecular weight excluding hydrogens is 406 g/mol. The van der Waals surface area contributed by atoms with Crippen molar-refractivity contribution in [3.8, 4) is 0 Å². The molecular formula is C27H56ClNO2. The van der Waals surface area contributed by atoms with Gasteiger partial charge in [-0.3, -0.25) is 4.79 Å². The van der Waals surface area contributed by atoms with E-state index in [0.717, 1.165) is 17.4 Å². The molecule has 0 atom stereocenters. The molecule has 0 aromatic carbocycles. The zero-order valence-corrected chi connectivity index (χ0v) is 22.5. The zero-order chi connectivity index (χ0) is 22.3. The molecule has 3 nitrogen and oxygen atoms in total. The molecule has 0 aliphatic carbocycles. The van der Waals surface area contributed by atoms with Crippen molar-refractivity contribution in [2.45, 2.75) is 135 Å². The van der Waals surface area contributed by atoms with E-state index >= 15 is 0 Å². The number of carbonyl (C=O) groups is 1. The number of hydrogen-bond acceptors (Lipinski definition) is 2. The van der Waals surface area contributed by atoms with Crippen LogP contribution in [0.3, 0.4) is 0 Å². The van der Waals surface area contributed by atoms with Crippen LogP contribution in [0, 0.1) is 0 Å². The number of halogens is 1. The van der Waals surface area contributed by atoms with Gasteiger partial charge in [-0.15, -0.1) is 0 Å². The average molecular weight is 462 g/mol. The van der Waals surface area contributed by atoms with E-state index in [0.29, 0.717) is 13.0 Å². The number of likely N-dealkylation sites (N-methyl/N-ethyl adjacent to an activating group) is 1. The molecule has 0 heterocycles. The maximum Gasteiger partial charge on any atom is 0.305 e. The van der Waals surface area contributed by atoms with Gasteiger partial charge in [-0.1, -0.05) is 122 Å². The Morgan fingerprint density at radius 2 is 0.903 bits per heavy atom. The quantitative estimate of drug-likeness (QED) is 0.121. The van der Waals surface area contributed by atoms with Gasteiger partial charge in [0.2, 0.25) is 0 Å². The first-order valence-electron chi connectivity index (χ1n) is 13.4. The summed E-state index contributed by atoms with van der Waals surface area (Å²) in [6, 6.07) is 0. The predicted molar refractivity (Wildman–Crippen MR) is 132 cm³/mol. The molecule has 0 saturated carbocycles. The second-order valence-electron chi connectivity index (χ2n) is 10.3. The maximum atomic E-state index is 11.7. The third-order valence-electron chi connectivity index (χ3n) is 6.01. The van der Waals surface area contributed by atoms with Crippen molar-refractivity contribution in [2.75, 3.05) is 34.3 Å². The third kappa shape index (κ3) is 29.7. The fourth-order valence-electron chi connectivity index (χ4n) is 3.85. The molecule has 0 aliphatic heterocycles. The minimum absolute atomic E-state index is 0. The molecule has 0 bridgehead atoms. The molecule has 0 unspecified atom stereocenters. The Labute approximate surface area is 202 Å². The normalized spacial score (nSPS) is 11.4. The Morgan fingerprint density at radius 1 is 0.581 bits per heavy atom. The highest BCUT2D eigenvalue weighted by molar-refractivity contribution is 5.69. The summed E-state index contributed by atoms with van der Waals surface area (Å²) in [5.74, 6) is -0.0181. The molecule has 4 heteroatoms. The molecule has 0 fully saturated rings. The number of esters is 1. The van der Waals surface area contributed by atoms with Crippen molar-refractivity contribution in [1.29, 1.82) is 0 Å². The summed E-state index contributed by atoms with van der Waals surface area (Å²) in [5, 5.41) is 0. The Balaban J connectivity index is 0. The second-order valence-corrected chi connectivity index (χ2v) is 10.3. The van der Waals surface area contributed by atoms with Crippen molar-refractivity contribution in [3.63, 3.8) is 0 Å². The molecule has 188 valence electrons. The van der Waals surface area contributed by atoms with Gasteiger partial charge in [-0.25, -0.2) is 0 Å². The van der Waals surface area contributed by atoms with Gasteiger partial charge in [0, 0.05) is 6.42 Å². The lowest BCUT2D eigenvalue weighted by Crippen LogP contribution is -3.00. The van der Waals surface area contributed by atoms with Gasteiger partial charge in [-0.05, 0) is 6.42 Å². The Hall–Kier alpha value is -0.280. The first kappa shape index (κ1) is 32.9. The van der Waals surface area contributed by atoms with E-state index in [2.05, 4.69) is 28.1 Å². The summed E-state index contributed by atoms with van der Waals surface area (Å²) in [4.78, 5) is 11.7. The second kappa shape index (κ2) is 24.4. The minimum atomic E-state index is -0.0181. The van der Waals surface area contributed by atoms with Crippen molar-refractivity contribution in [2.24, 2.45) is 0 Å². The molecule has 0 amide bonds. The van der Waals surface area contributed by atoms with Gasteiger partial charge in [0.05, 0.1) is 21.1 Å². The van der Waals surface area contributed by atoms with E-state index in [9.17, 15) is 4.79 Å². The van der Waals surface area contributed by atoms with Crippen LogP contribution in [-0.4, -0.2) is 44.7 Å². The van der Waals surface area contributed by atoms with E-state index in [4.69, 9.17) is 4.74 Å². The van der Waals surface area contributed by atoms with Gasteiger partial charge in [-0.2, -0.15) is 0 Å². The largest absolute Gasteiger partial charge is 1.00 e. The van der Waals surface area contributed by atoms with Crippen LogP contribution < -0.4 is 12.4 Å². The van der Waals surface area contributed by atoms with Crippen molar-refractivity contribution in [3.05, 3.63) is 0 Å². The molecule has 0 aromatic rings. The molecule has 0 N–H and O–H groups in total. The lowest BCUT2D eigenvalue weighted by Gasteiger charge is -2.23. The Bertz CT molecular complexity index is 369. The highest BCUT2D eigenvalue weighted by Crippen LogP contribution is 2.14. The number of quaternary nitrogens is 1. The highest BCUT2D eigenvalue weighted by Gasteiger charge is 2.09. The lowest BCUT2D eigenvalue weighted by atomic mass is 10.0. The molecule has 0 spiro atoms. The summed E-state index contributed by atoms with van der Waals surface area (Å²) in [5.41, 5.74) is 0. The van der Waals surface area contributed by atoms with Crippen LogP contribution in [0.4, 0.5) is 0 Å². The number of rotatable bonds is 23. The van der Waals surface area contributed by atoms with Gasteiger partial charge >= 0.3 is 5.97 Å². The van der Waals surface area contributed by atoms with Gasteiger partial charge in [0.1, 0.15) is 13.2 Å². The predicted octanol–water partition coefficient (Wildman–Crippen LogP) is 5.06. The first-order valence-corrected chi connectivity index (χ1v) is 13.4. The zero-order valence-electron chi connectivity index (χ0n) is 21.7. The fourth-order valence-corrected chi connectivity index (χ4v) is 3.85. The topological polar surface area (TPSA) is 26.3 Å². The van der Waals surface area contributed by atoms with Crippen molar-refractivity contribution in [1.82, 2.24) is 0 Å². The van der Waals surface area contributed by atoms with Crippen molar-refractivity contribution >= 4 is 5.97 Å². The summed E-state index contributed by atoms with van der Waals surface area (Å²) in [6.07, 6.45) is 26.8. The highest BCUT2D eigenvalue weighted by atomic mass is 35.5. The van der Waals surface area contributed by atoms with E-state index in [-0.39, 0.29) is 18.4 Å². The third-order valence-corrected chi connectivity index (χ3v) is 6.01. The molecule has 0 aromatic heterocycles. The summed E-state index contributed by atoms with van der Waals surface area (Å²) in [6.45, 7) is 3.71.